The minimum absolute atomic E-state index is 0.0129. The summed E-state index contributed by atoms with van der Waals surface area (Å²) in [5, 5.41) is 3.04. The van der Waals surface area contributed by atoms with E-state index in [1.807, 2.05) is 0 Å². The topological polar surface area (TPSA) is 105 Å². The third-order valence-electron chi connectivity index (χ3n) is 5.66. The molecular formula is C20H20F3N3O6. The van der Waals surface area contributed by atoms with Gasteiger partial charge in [-0.05, 0) is 44.5 Å². The number of carbonyl (C=O) groups is 4. The van der Waals surface area contributed by atoms with E-state index in [9.17, 15) is 32.3 Å². The Hall–Kier alpha value is -3.15. The SMILES string of the molecule is O=C1CCC(N2Cc3c(OC4CCNCC4)cccc3C2=O)C(=O)N1OC(=O)C(F)(F)F. The molecule has 1 aromatic rings. The van der Waals surface area contributed by atoms with E-state index in [0.717, 1.165) is 25.9 Å². The van der Waals surface area contributed by atoms with E-state index in [0.29, 0.717) is 16.9 Å². The van der Waals surface area contributed by atoms with Crippen LogP contribution in [0.5, 0.6) is 5.75 Å². The molecule has 3 amide bonds. The van der Waals surface area contributed by atoms with E-state index in [1.165, 1.54) is 4.90 Å². The molecule has 9 nitrogen and oxygen atoms in total. The second kappa shape index (κ2) is 8.41. The van der Waals surface area contributed by atoms with E-state index in [-0.39, 0.29) is 30.6 Å². The number of imide groups is 1. The maximum Gasteiger partial charge on any atom is 0.493 e. The lowest BCUT2D eigenvalue weighted by Crippen LogP contribution is -2.55. The van der Waals surface area contributed by atoms with E-state index >= 15 is 0 Å². The van der Waals surface area contributed by atoms with Crippen molar-refractivity contribution in [2.45, 2.75) is 50.6 Å². The zero-order chi connectivity index (χ0) is 23.0. The zero-order valence-corrected chi connectivity index (χ0v) is 16.8. The van der Waals surface area contributed by atoms with Crippen molar-refractivity contribution in [1.82, 2.24) is 15.3 Å². The quantitative estimate of drug-likeness (QED) is 0.683. The molecule has 3 aliphatic heterocycles. The van der Waals surface area contributed by atoms with Gasteiger partial charge in [-0.2, -0.15) is 13.2 Å². The van der Waals surface area contributed by atoms with Gasteiger partial charge in [0.05, 0.1) is 6.54 Å². The molecule has 32 heavy (non-hydrogen) atoms. The highest BCUT2D eigenvalue weighted by Crippen LogP contribution is 2.35. The summed E-state index contributed by atoms with van der Waals surface area (Å²) >= 11 is 0. The first-order chi connectivity index (χ1) is 15.2. The number of rotatable bonds is 4. The lowest BCUT2D eigenvalue weighted by atomic mass is 10.0. The minimum atomic E-state index is -5.38. The maximum absolute atomic E-state index is 13.0. The second-order valence-corrected chi connectivity index (χ2v) is 7.74. The third kappa shape index (κ3) is 4.14. The summed E-state index contributed by atoms with van der Waals surface area (Å²) < 4.78 is 43.7. The summed E-state index contributed by atoms with van der Waals surface area (Å²) in [5.41, 5.74) is 0.888. The van der Waals surface area contributed by atoms with Gasteiger partial charge in [-0.3, -0.25) is 14.4 Å². The van der Waals surface area contributed by atoms with Gasteiger partial charge in [-0.25, -0.2) is 4.79 Å². The van der Waals surface area contributed by atoms with E-state index in [2.05, 4.69) is 10.2 Å². The van der Waals surface area contributed by atoms with Crippen molar-refractivity contribution in [2.24, 2.45) is 0 Å². The number of alkyl halides is 3. The normalized spacial score (nSPS) is 22.2. The fourth-order valence-corrected chi connectivity index (χ4v) is 4.04. The van der Waals surface area contributed by atoms with Gasteiger partial charge in [0, 0.05) is 17.5 Å². The number of benzene rings is 1. The number of amides is 3. The summed E-state index contributed by atoms with van der Waals surface area (Å²) in [6.07, 6.45) is -4.28. The van der Waals surface area contributed by atoms with Gasteiger partial charge in [-0.15, -0.1) is 5.06 Å². The van der Waals surface area contributed by atoms with Gasteiger partial charge >= 0.3 is 12.1 Å². The molecule has 0 radical (unpaired) electrons. The highest BCUT2D eigenvalue weighted by atomic mass is 19.4. The highest BCUT2D eigenvalue weighted by Gasteiger charge is 2.49. The van der Waals surface area contributed by atoms with Crippen molar-refractivity contribution in [3.63, 3.8) is 0 Å². The van der Waals surface area contributed by atoms with Crippen LogP contribution in [0.4, 0.5) is 13.2 Å². The Bertz CT molecular complexity index is 960. The van der Waals surface area contributed by atoms with Gasteiger partial charge in [0.1, 0.15) is 17.9 Å². The maximum atomic E-state index is 13.0. The summed E-state index contributed by atoms with van der Waals surface area (Å²) in [4.78, 5) is 53.9. The first-order valence-corrected chi connectivity index (χ1v) is 10.1. The van der Waals surface area contributed by atoms with E-state index < -0.39 is 35.9 Å². The predicted molar refractivity (Wildman–Crippen MR) is 99.9 cm³/mol. The van der Waals surface area contributed by atoms with E-state index in [1.54, 1.807) is 18.2 Å². The minimum Gasteiger partial charge on any atom is -0.490 e. The van der Waals surface area contributed by atoms with Gasteiger partial charge < -0.3 is 19.8 Å². The molecule has 3 heterocycles. The van der Waals surface area contributed by atoms with Gasteiger partial charge in [-0.1, -0.05) is 6.07 Å². The third-order valence-corrected chi connectivity index (χ3v) is 5.66. The van der Waals surface area contributed by atoms with Crippen molar-refractivity contribution >= 4 is 23.7 Å². The molecule has 2 fully saturated rings. The number of halogens is 3. The number of hydrogen-bond acceptors (Lipinski definition) is 7. The number of fused-ring (bicyclic) bond motifs is 1. The molecule has 3 aliphatic rings. The summed E-state index contributed by atoms with van der Waals surface area (Å²) in [6, 6.07) is 3.70. The molecule has 0 aromatic heterocycles. The molecule has 1 unspecified atom stereocenters. The predicted octanol–water partition coefficient (Wildman–Crippen LogP) is 1.31. The molecule has 12 heteroatoms. The van der Waals surface area contributed by atoms with Crippen LogP contribution < -0.4 is 10.1 Å². The first-order valence-electron chi connectivity index (χ1n) is 10.1. The van der Waals surface area contributed by atoms with Gasteiger partial charge in [0.25, 0.3) is 17.7 Å². The van der Waals surface area contributed by atoms with Crippen LogP contribution in [0.15, 0.2) is 18.2 Å². The summed E-state index contributed by atoms with van der Waals surface area (Å²) in [7, 11) is 0. The molecule has 1 atom stereocenters. The van der Waals surface area contributed by atoms with Crippen LogP contribution in [-0.2, 0) is 25.8 Å². The fraction of sp³-hybridized carbons (Fsp3) is 0.500. The van der Waals surface area contributed by atoms with Crippen molar-refractivity contribution < 1.29 is 41.9 Å². The van der Waals surface area contributed by atoms with Crippen molar-refractivity contribution in [3.8, 4) is 5.75 Å². The number of carbonyl (C=O) groups excluding carboxylic acids is 4. The Morgan fingerprint density at radius 3 is 2.50 bits per heavy atom. The number of ether oxygens (including phenoxy) is 1. The van der Waals surface area contributed by atoms with Crippen LogP contribution in [0.25, 0.3) is 0 Å². The number of piperidine rings is 2. The molecular weight excluding hydrogens is 435 g/mol. The Morgan fingerprint density at radius 1 is 1.09 bits per heavy atom. The molecule has 2 saturated heterocycles. The number of hydrogen-bond donors (Lipinski definition) is 1. The van der Waals surface area contributed by atoms with Crippen molar-refractivity contribution in [2.75, 3.05) is 13.1 Å². The standard InChI is InChI=1S/C20H20F3N3O6/c21-20(22,23)19(30)32-26-16(27)5-4-14(18(26)29)25-10-13-12(17(25)28)2-1-3-15(13)31-11-6-8-24-9-7-11/h1-3,11,14,24H,4-10H2. The molecule has 0 saturated carbocycles. The average Bonchev–Trinajstić information content (AvgIpc) is 3.08. The monoisotopic (exact) mass is 455 g/mol. The van der Waals surface area contributed by atoms with Crippen LogP contribution in [0, 0.1) is 0 Å². The highest BCUT2D eigenvalue weighted by molar-refractivity contribution is 6.05. The van der Waals surface area contributed by atoms with Crippen LogP contribution >= 0.6 is 0 Å². The van der Waals surface area contributed by atoms with Crippen LogP contribution in [-0.4, -0.2) is 65.1 Å². The molecule has 172 valence electrons. The van der Waals surface area contributed by atoms with E-state index in [4.69, 9.17) is 4.74 Å². The molecule has 0 aliphatic carbocycles. The first kappa shape index (κ1) is 22.1. The lowest BCUT2D eigenvalue weighted by Gasteiger charge is -2.33. The van der Waals surface area contributed by atoms with Gasteiger partial charge in [0.2, 0.25) is 0 Å². The molecule has 1 aromatic carbocycles. The fourth-order valence-electron chi connectivity index (χ4n) is 4.04. The Morgan fingerprint density at radius 2 is 1.81 bits per heavy atom. The van der Waals surface area contributed by atoms with Crippen molar-refractivity contribution in [1.29, 1.82) is 0 Å². The Balaban J connectivity index is 1.52. The number of nitrogens with one attached hydrogen (secondary N) is 1. The smallest absolute Gasteiger partial charge is 0.490 e. The molecule has 4 rings (SSSR count). The largest absolute Gasteiger partial charge is 0.493 e. The Labute approximate surface area is 180 Å². The average molecular weight is 455 g/mol. The Kier molecular flexibility index (Phi) is 5.80. The van der Waals surface area contributed by atoms with Crippen molar-refractivity contribution in [3.05, 3.63) is 29.3 Å². The van der Waals surface area contributed by atoms with Gasteiger partial charge in [0.15, 0.2) is 0 Å². The van der Waals surface area contributed by atoms with Crippen LogP contribution in [0.2, 0.25) is 0 Å². The summed E-state index contributed by atoms with van der Waals surface area (Å²) in [6.45, 7) is 1.60. The van der Waals surface area contributed by atoms with Crippen LogP contribution in [0.3, 0.4) is 0 Å². The van der Waals surface area contributed by atoms with Crippen LogP contribution in [0.1, 0.15) is 41.6 Å². The molecule has 0 spiro atoms. The number of nitrogens with zero attached hydrogens (tertiary/aromatic N) is 2. The molecule has 0 bridgehead atoms. The lowest BCUT2D eigenvalue weighted by molar-refractivity contribution is -0.238. The molecule has 1 N–H and O–H groups in total. The zero-order valence-electron chi connectivity index (χ0n) is 16.8. The number of hydroxylamine groups is 2. The second-order valence-electron chi connectivity index (χ2n) is 7.74. The summed E-state index contributed by atoms with van der Waals surface area (Å²) in [5.74, 6) is -4.96.